The first-order valence-corrected chi connectivity index (χ1v) is 6.87. The van der Waals surface area contributed by atoms with Gasteiger partial charge in [0.2, 0.25) is 5.91 Å². The number of carbonyl (C=O) groups is 3. The molecule has 20 heavy (non-hydrogen) atoms. The van der Waals surface area contributed by atoms with E-state index in [1.807, 2.05) is 0 Å². The Labute approximate surface area is 117 Å². The summed E-state index contributed by atoms with van der Waals surface area (Å²) in [6.45, 7) is 0. The molecule has 4 atom stereocenters. The molecule has 2 aliphatic rings. The Bertz CT molecular complexity index is 412. The number of fused-ring (bicyclic) bond motifs is 2. The van der Waals surface area contributed by atoms with E-state index in [4.69, 9.17) is 5.11 Å². The van der Waals surface area contributed by atoms with Crippen LogP contribution in [0.3, 0.4) is 0 Å². The van der Waals surface area contributed by atoms with Gasteiger partial charge in [-0.05, 0) is 25.7 Å². The van der Waals surface area contributed by atoms with Gasteiger partial charge in [-0.1, -0.05) is 0 Å². The predicted octanol–water partition coefficient (Wildman–Crippen LogP) is -0.350. The van der Waals surface area contributed by atoms with Crippen LogP contribution in [0.25, 0.3) is 0 Å². The van der Waals surface area contributed by atoms with E-state index in [9.17, 15) is 14.4 Å². The number of rotatable bonds is 6. The molecule has 2 aliphatic heterocycles. The number of carboxylic acids is 1. The van der Waals surface area contributed by atoms with Crippen LogP contribution in [-0.4, -0.2) is 48.2 Å². The molecule has 7 heteroatoms. The number of ether oxygens (including phenoxy) is 1. The second-order valence-electron chi connectivity index (χ2n) is 5.40. The first kappa shape index (κ1) is 14.8. The molecule has 7 nitrogen and oxygen atoms in total. The van der Waals surface area contributed by atoms with E-state index in [0.29, 0.717) is 6.04 Å². The van der Waals surface area contributed by atoms with E-state index in [1.165, 1.54) is 7.11 Å². The number of carbonyl (C=O) groups excluding carboxylic acids is 2. The van der Waals surface area contributed by atoms with E-state index in [1.54, 1.807) is 0 Å². The molecule has 112 valence electrons. The summed E-state index contributed by atoms with van der Waals surface area (Å²) < 4.78 is 4.47. The summed E-state index contributed by atoms with van der Waals surface area (Å²) in [4.78, 5) is 34.3. The molecule has 1 amide bonds. The van der Waals surface area contributed by atoms with Crippen LogP contribution in [-0.2, 0) is 19.1 Å². The molecule has 0 saturated carbocycles. The summed E-state index contributed by atoms with van der Waals surface area (Å²) in [7, 11) is 1.25. The molecule has 0 aromatic heterocycles. The van der Waals surface area contributed by atoms with E-state index in [2.05, 4.69) is 15.4 Å². The molecule has 3 N–H and O–H groups in total. The van der Waals surface area contributed by atoms with Crippen LogP contribution in [0.2, 0.25) is 0 Å². The Morgan fingerprint density at radius 1 is 1.40 bits per heavy atom. The lowest BCUT2D eigenvalue weighted by molar-refractivity contribution is -0.144. The van der Waals surface area contributed by atoms with Gasteiger partial charge in [-0.2, -0.15) is 0 Å². The molecule has 0 aliphatic carbocycles. The van der Waals surface area contributed by atoms with Gasteiger partial charge in [0.1, 0.15) is 6.04 Å². The third-order valence-electron chi connectivity index (χ3n) is 4.12. The maximum Gasteiger partial charge on any atom is 0.326 e. The molecular weight excluding hydrogens is 264 g/mol. The van der Waals surface area contributed by atoms with E-state index in [0.717, 1.165) is 19.3 Å². The van der Waals surface area contributed by atoms with Crippen molar-refractivity contribution in [2.24, 2.45) is 5.92 Å². The average Bonchev–Trinajstić information content (AvgIpc) is 3.04. The number of esters is 1. The normalized spacial score (nSPS) is 28.9. The highest BCUT2D eigenvalue weighted by Gasteiger charge is 2.43. The molecule has 2 bridgehead atoms. The van der Waals surface area contributed by atoms with Crippen LogP contribution >= 0.6 is 0 Å². The van der Waals surface area contributed by atoms with Crippen molar-refractivity contribution < 1.29 is 24.2 Å². The van der Waals surface area contributed by atoms with Gasteiger partial charge in [-0.15, -0.1) is 0 Å². The van der Waals surface area contributed by atoms with Gasteiger partial charge in [0.05, 0.1) is 13.0 Å². The van der Waals surface area contributed by atoms with Crippen molar-refractivity contribution in [3.05, 3.63) is 0 Å². The van der Waals surface area contributed by atoms with Gasteiger partial charge in [-0.3, -0.25) is 9.59 Å². The Morgan fingerprint density at radius 3 is 2.65 bits per heavy atom. The number of amides is 1. The molecule has 0 aromatic rings. The summed E-state index contributed by atoms with van der Waals surface area (Å²) in [5.74, 6) is -2.00. The van der Waals surface area contributed by atoms with Gasteiger partial charge in [0, 0.05) is 18.5 Å². The largest absolute Gasteiger partial charge is 0.480 e. The molecule has 0 aromatic carbocycles. The molecular formula is C13H20N2O5. The summed E-state index contributed by atoms with van der Waals surface area (Å²) in [6.07, 6.45) is 2.83. The first-order valence-electron chi connectivity index (χ1n) is 6.87. The van der Waals surface area contributed by atoms with Crippen LogP contribution in [0.4, 0.5) is 0 Å². The van der Waals surface area contributed by atoms with Crippen molar-refractivity contribution in [3.8, 4) is 0 Å². The Kier molecular flexibility index (Phi) is 4.59. The topological polar surface area (TPSA) is 105 Å². The van der Waals surface area contributed by atoms with Crippen molar-refractivity contribution in [2.75, 3.05) is 7.11 Å². The minimum Gasteiger partial charge on any atom is -0.480 e. The molecule has 2 fully saturated rings. The second kappa shape index (κ2) is 6.21. The fourth-order valence-corrected chi connectivity index (χ4v) is 3.01. The summed E-state index contributed by atoms with van der Waals surface area (Å²) in [5, 5.41) is 15.0. The monoisotopic (exact) mass is 284 g/mol. The van der Waals surface area contributed by atoms with Crippen LogP contribution in [0, 0.1) is 5.92 Å². The quantitative estimate of drug-likeness (QED) is 0.576. The minimum atomic E-state index is -1.13. The van der Waals surface area contributed by atoms with Crippen molar-refractivity contribution in [1.29, 1.82) is 0 Å². The number of methoxy groups -OCH3 is 1. The average molecular weight is 284 g/mol. The van der Waals surface area contributed by atoms with Crippen molar-refractivity contribution in [2.45, 2.75) is 50.2 Å². The van der Waals surface area contributed by atoms with Gasteiger partial charge in [0.25, 0.3) is 0 Å². The van der Waals surface area contributed by atoms with Gasteiger partial charge in [-0.25, -0.2) is 4.79 Å². The van der Waals surface area contributed by atoms with E-state index >= 15 is 0 Å². The summed E-state index contributed by atoms with van der Waals surface area (Å²) in [5.41, 5.74) is 0. The lowest BCUT2D eigenvalue weighted by Crippen LogP contribution is -2.46. The summed E-state index contributed by atoms with van der Waals surface area (Å²) >= 11 is 0. The maximum absolute atomic E-state index is 12.1. The van der Waals surface area contributed by atoms with Crippen LogP contribution in [0.5, 0.6) is 0 Å². The molecule has 2 rings (SSSR count). The van der Waals surface area contributed by atoms with Gasteiger partial charge < -0.3 is 20.5 Å². The van der Waals surface area contributed by atoms with Crippen LogP contribution in [0.15, 0.2) is 0 Å². The highest BCUT2D eigenvalue weighted by Crippen LogP contribution is 2.33. The molecule has 2 saturated heterocycles. The Balaban J connectivity index is 1.86. The van der Waals surface area contributed by atoms with Crippen molar-refractivity contribution in [1.82, 2.24) is 10.6 Å². The zero-order valence-corrected chi connectivity index (χ0v) is 11.4. The Morgan fingerprint density at radius 2 is 2.15 bits per heavy atom. The molecule has 0 radical (unpaired) electrons. The number of nitrogens with one attached hydrogen (secondary N) is 2. The summed E-state index contributed by atoms with van der Waals surface area (Å²) in [6, 6.07) is -0.495. The lowest BCUT2D eigenvalue weighted by atomic mass is 9.88. The third kappa shape index (κ3) is 3.27. The van der Waals surface area contributed by atoms with Crippen LogP contribution in [0.1, 0.15) is 32.1 Å². The SMILES string of the molecule is COC(=O)CCC(NC(=O)C1CC2CCC1N2)C(=O)O. The maximum atomic E-state index is 12.1. The van der Waals surface area contributed by atoms with Gasteiger partial charge in [0.15, 0.2) is 0 Å². The zero-order valence-electron chi connectivity index (χ0n) is 11.4. The molecule has 0 spiro atoms. The number of hydrogen-bond donors (Lipinski definition) is 3. The van der Waals surface area contributed by atoms with Crippen molar-refractivity contribution >= 4 is 17.8 Å². The van der Waals surface area contributed by atoms with Gasteiger partial charge >= 0.3 is 11.9 Å². The standard InChI is InChI=1S/C13H20N2O5/c1-20-11(16)5-4-10(13(18)19)15-12(17)8-6-7-2-3-9(8)14-7/h7-10,14H,2-6H2,1H3,(H,15,17)(H,18,19). The number of carboxylic acid groups (broad SMARTS) is 1. The second-order valence-corrected chi connectivity index (χ2v) is 5.40. The lowest BCUT2D eigenvalue weighted by Gasteiger charge is -2.22. The van der Waals surface area contributed by atoms with Crippen LogP contribution < -0.4 is 10.6 Å². The number of aliphatic carboxylic acids is 1. The Hall–Kier alpha value is -1.63. The first-order chi connectivity index (χ1) is 9.51. The van der Waals surface area contributed by atoms with E-state index in [-0.39, 0.29) is 30.7 Å². The minimum absolute atomic E-state index is 0.0251. The zero-order chi connectivity index (χ0) is 14.7. The van der Waals surface area contributed by atoms with E-state index < -0.39 is 18.0 Å². The molecule has 4 unspecified atom stereocenters. The predicted molar refractivity (Wildman–Crippen MR) is 68.9 cm³/mol. The fraction of sp³-hybridized carbons (Fsp3) is 0.769. The van der Waals surface area contributed by atoms with Crippen molar-refractivity contribution in [3.63, 3.8) is 0 Å². The molecule has 2 heterocycles. The third-order valence-corrected chi connectivity index (χ3v) is 4.12. The number of hydrogen-bond acceptors (Lipinski definition) is 5. The highest BCUT2D eigenvalue weighted by molar-refractivity contribution is 5.86. The smallest absolute Gasteiger partial charge is 0.326 e. The fourth-order valence-electron chi connectivity index (χ4n) is 3.01. The highest BCUT2D eigenvalue weighted by atomic mass is 16.5.